The number of benzene rings is 1. The summed E-state index contributed by atoms with van der Waals surface area (Å²) in [4.78, 5) is 1.34. The molecule has 0 amide bonds. The lowest BCUT2D eigenvalue weighted by molar-refractivity contribution is 0.522. The van der Waals surface area contributed by atoms with E-state index in [0.717, 1.165) is 21.2 Å². The minimum Gasteiger partial charge on any atom is -0.305 e. The van der Waals surface area contributed by atoms with Crippen LogP contribution in [-0.4, -0.2) is 0 Å². The van der Waals surface area contributed by atoms with E-state index in [4.69, 9.17) is 0 Å². The third kappa shape index (κ3) is 4.15. The zero-order chi connectivity index (χ0) is 13.8. The van der Waals surface area contributed by atoms with Crippen LogP contribution in [0.15, 0.2) is 38.6 Å². The van der Waals surface area contributed by atoms with E-state index in [9.17, 15) is 0 Å². The van der Waals surface area contributed by atoms with Gasteiger partial charge in [-0.25, -0.2) is 0 Å². The zero-order valence-corrected chi connectivity index (χ0v) is 15.0. The van der Waals surface area contributed by atoms with E-state index < -0.39 is 0 Å². The van der Waals surface area contributed by atoms with Gasteiger partial charge >= 0.3 is 0 Å². The summed E-state index contributed by atoms with van der Waals surface area (Å²) < 4.78 is 2.30. The monoisotopic (exact) mass is 401 g/mol. The van der Waals surface area contributed by atoms with Crippen LogP contribution < -0.4 is 5.32 Å². The molecule has 0 saturated carbocycles. The number of nitrogens with one attached hydrogen (secondary N) is 1. The van der Waals surface area contributed by atoms with E-state index in [1.807, 2.05) is 0 Å². The molecule has 0 radical (unpaired) electrons. The maximum absolute atomic E-state index is 3.63. The van der Waals surface area contributed by atoms with Crippen molar-refractivity contribution in [1.29, 1.82) is 0 Å². The van der Waals surface area contributed by atoms with E-state index in [0.29, 0.717) is 6.04 Å². The average Bonchev–Trinajstić information content (AvgIpc) is 2.71. The fourth-order valence-electron chi connectivity index (χ4n) is 2.00. The van der Waals surface area contributed by atoms with Crippen molar-refractivity contribution in [3.63, 3.8) is 0 Å². The van der Waals surface area contributed by atoms with Gasteiger partial charge in [-0.05, 0) is 56.8 Å². The second-order valence-electron chi connectivity index (χ2n) is 4.59. The highest BCUT2D eigenvalue weighted by Gasteiger charge is 2.10. The molecule has 0 fully saturated rings. The van der Waals surface area contributed by atoms with E-state index >= 15 is 0 Å². The predicted molar refractivity (Wildman–Crippen MR) is 90.8 cm³/mol. The summed E-state index contributed by atoms with van der Waals surface area (Å²) in [6, 6.07) is 11.4. The van der Waals surface area contributed by atoms with Crippen molar-refractivity contribution in [2.45, 2.75) is 32.9 Å². The summed E-state index contributed by atoms with van der Waals surface area (Å²) in [7, 11) is 0. The molecule has 19 heavy (non-hydrogen) atoms. The zero-order valence-electron chi connectivity index (χ0n) is 11.0. The Morgan fingerprint density at radius 2 is 1.89 bits per heavy atom. The van der Waals surface area contributed by atoms with E-state index in [-0.39, 0.29) is 0 Å². The number of aryl methyl sites for hydroxylation is 1. The van der Waals surface area contributed by atoms with Crippen molar-refractivity contribution >= 4 is 43.2 Å². The number of thiophene rings is 1. The molecule has 4 heteroatoms. The predicted octanol–water partition coefficient (Wildman–Crippen LogP) is 5.82. The number of halogens is 2. The molecule has 1 unspecified atom stereocenters. The Balaban J connectivity index is 2.01. The first-order valence-corrected chi connectivity index (χ1v) is 8.74. The van der Waals surface area contributed by atoms with Crippen LogP contribution in [0.5, 0.6) is 0 Å². The SMILES string of the molecule is CCC(NCc1cc(Br)c(Br)s1)c1ccc(C)cc1. The summed E-state index contributed by atoms with van der Waals surface area (Å²) in [6.07, 6.45) is 1.09. The van der Waals surface area contributed by atoms with Crippen molar-refractivity contribution in [2.75, 3.05) is 0 Å². The molecule has 1 heterocycles. The Bertz CT molecular complexity index is 514. The second-order valence-corrected chi connectivity index (χ2v) is 7.90. The molecule has 0 aliphatic heterocycles. The van der Waals surface area contributed by atoms with Crippen LogP contribution in [0.3, 0.4) is 0 Å². The first-order chi connectivity index (χ1) is 9.10. The van der Waals surface area contributed by atoms with Crippen LogP contribution in [0, 0.1) is 6.92 Å². The van der Waals surface area contributed by atoms with Gasteiger partial charge in [0.05, 0.1) is 3.79 Å². The molecule has 1 aromatic heterocycles. The Hall–Kier alpha value is -0.160. The lowest BCUT2D eigenvalue weighted by atomic mass is 10.0. The fraction of sp³-hybridized carbons (Fsp3) is 0.333. The first kappa shape index (κ1) is 15.2. The van der Waals surface area contributed by atoms with E-state index in [1.54, 1.807) is 11.3 Å². The van der Waals surface area contributed by atoms with Gasteiger partial charge in [0, 0.05) is 21.9 Å². The van der Waals surface area contributed by atoms with Crippen LogP contribution in [0.1, 0.15) is 35.4 Å². The van der Waals surface area contributed by atoms with Gasteiger partial charge in [0.15, 0.2) is 0 Å². The van der Waals surface area contributed by atoms with Gasteiger partial charge in [-0.15, -0.1) is 11.3 Å². The van der Waals surface area contributed by atoms with Crippen molar-refractivity contribution in [2.24, 2.45) is 0 Å². The molecule has 1 nitrogen and oxygen atoms in total. The lowest BCUT2D eigenvalue weighted by Crippen LogP contribution is -2.19. The third-order valence-electron chi connectivity index (χ3n) is 3.11. The van der Waals surface area contributed by atoms with Crippen molar-refractivity contribution in [3.05, 3.63) is 54.6 Å². The van der Waals surface area contributed by atoms with Gasteiger partial charge in [-0.3, -0.25) is 0 Å². The average molecular weight is 403 g/mol. The van der Waals surface area contributed by atoms with Crippen LogP contribution >= 0.6 is 43.2 Å². The van der Waals surface area contributed by atoms with Gasteiger partial charge in [-0.1, -0.05) is 36.8 Å². The van der Waals surface area contributed by atoms with Crippen LogP contribution in [0.4, 0.5) is 0 Å². The minimum absolute atomic E-state index is 0.417. The third-order valence-corrected chi connectivity index (χ3v) is 6.36. The van der Waals surface area contributed by atoms with Gasteiger partial charge < -0.3 is 5.32 Å². The largest absolute Gasteiger partial charge is 0.305 e. The Morgan fingerprint density at radius 1 is 1.21 bits per heavy atom. The Morgan fingerprint density at radius 3 is 2.42 bits per heavy atom. The molecule has 1 aromatic carbocycles. The second kappa shape index (κ2) is 7.02. The van der Waals surface area contributed by atoms with Gasteiger partial charge in [0.1, 0.15) is 0 Å². The summed E-state index contributed by atoms with van der Waals surface area (Å²) in [5.41, 5.74) is 2.67. The number of hydrogen-bond donors (Lipinski definition) is 1. The molecule has 1 atom stereocenters. The molecule has 1 N–H and O–H groups in total. The van der Waals surface area contributed by atoms with Gasteiger partial charge in [-0.2, -0.15) is 0 Å². The van der Waals surface area contributed by atoms with Crippen LogP contribution in [-0.2, 0) is 6.54 Å². The normalized spacial score (nSPS) is 12.6. The van der Waals surface area contributed by atoms with Crippen molar-refractivity contribution in [3.8, 4) is 0 Å². The van der Waals surface area contributed by atoms with E-state index in [2.05, 4.69) is 81.4 Å². The molecule has 2 rings (SSSR count). The summed E-state index contributed by atoms with van der Waals surface area (Å²) in [6.45, 7) is 5.25. The lowest BCUT2D eigenvalue weighted by Gasteiger charge is -2.17. The molecule has 0 aliphatic carbocycles. The fourth-order valence-corrected chi connectivity index (χ4v) is 4.13. The summed E-state index contributed by atoms with van der Waals surface area (Å²) >= 11 is 8.84. The van der Waals surface area contributed by atoms with Crippen LogP contribution in [0.2, 0.25) is 0 Å². The summed E-state index contributed by atoms with van der Waals surface area (Å²) in [5, 5.41) is 3.63. The van der Waals surface area contributed by atoms with Gasteiger partial charge in [0.25, 0.3) is 0 Å². The Kier molecular flexibility index (Phi) is 5.63. The van der Waals surface area contributed by atoms with Crippen molar-refractivity contribution < 1.29 is 0 Å². The molecule has 2 aromatic rings. The maximum Gasteiger partial charge on any atom is 0.0843 e. The maximum atomic E-state index is 3.63. The topological polar surface area (TPSA) is 12.0 Å². The highest BCUT2D eigenvalue weighted by Crippen LogP contribution is 2.32. The number of hydrogen-bond acceptors (Lipinski definition) is 2. The molecular formula is C15H17Br2NS. The molecular weight excluding hydrogens is 386 g/mol. The molecule has 0 aliphatic rings. The minimum atomic E-state index is 0.417. The summed E-state index contributed by atoms with van der Waals surface area (Å²) in [5.74, 6) is 0. The molecule has 0 bridgehead atoms. The van der Waals surface area contributed by atoms with Crippen molar-refractivity contribution in [1.82, 2.24) is 5.32 Å². The molecule has 102 valence electrons. The van der Waals surface area contributed by atoms with Crippen LogP contribution in [0.25, 0.3) is 0 Å². The highest BCUT2D eigenvalue weighted by atomic mass is 79.9. The number of rotatable bonds is 5. The molecule has 0 spiro atoms. The smallest absolute Gasteiger partial charge is 0.0843 e. The van der Waals surface area contributed by atoms with Gasteiger partial charge in [0.2, 0.25) is 0 Å². The standard InChI is InChI=1S/C15H17Br2NS/c1-3-14(11-6-4-10(2)5-7-11)18-9-12-8-13(16)15(17)19-12/h4-8,14,18H,3,9H2,1-2H3. The Labute approximate surface area is 135 Å². The van der Waals surface area contributed by atoms with E-state index in [1.165, 1.54) is 16.0 Å². The quantitative estimate of drug-likeness (QED) is 0.663. The first-order valence-electron chi connectivity index (χ1n) is 6.33. The molecule has 0 saturated heterocycles. The highest BCUT2D eigenvalue weighted by molar-refractivity contribution is 9.13.